The first-order valence-corrected chi connectivity index (χ1v) is 25.7. The highest BCUT2D eigenvalue weighted by Gasteiger charge is 2.11. The lowest BCUT2D eigenvalue weighted by atomic mass is 10.0. The molecule has 9 nitrogen and oxygen atoms in total. The first-order valence-electron chi connectivity index (χ1n) is 25.7. The van der Waals surface area contributed by atoms with Gasteiger partial charge in [0.25, 0.3) is 0 Å². The maximum Gasteiger partial charge on any atom is 0.305 e. The van der Waals surface area contributed by atoms with Crippen molar-refractivity contribution in [3.8, 4) is 0 Å². The van der Waals surface area contributed by atoms with E-state index in [9.17, 15) is 9.59 Å². The minimum Gasteiger partial charge on any atom is -0.466 e. The summed E-state index contributed by atoms with van der Waals surface area (Å²) in [6.45, 7) is 6.96. The average molecular weight is 834 g/mol. The summed E-state index contributed by atoms with van der Waals surface area (Å²) >= 11 is 0. The molecule has 5 N–H and O–H groups in total. The van der Waals surface area contributed by atoms with Crippen LogP contribution in [0.15, 0.2) is 0 Å². The Morgan fingerprint density at radius 3 is 0.949 bits per heavy atom. The molecule has 0 heterocycles. The second-order valence-electron chi connectivity index (χ2n) is 17.5. The molecule has 0 fully saturated rings. The zero-order valence-electron chi connectivity index (χ0n) is 39.3. The van der Waals surface area contributed by atoms with E-state index in [1.165, 1.54) is 167 Å². The van der Waals surface area contributed by atoms with Crippen LogP contribution in [0.25, 0.3) is 0 Å². The van der Waals surface area contributed by atoms with Crippen LogP contribution >= 0.6 is 0 Å². The summed E-state index contributed by atoms with van der Waals surface area (Å²) in [5, 5.41) is 18.5. The van der Waals surface area contributed by atoms with Crippen molar-refractivity contribution in [2.45, 2.75) is 271 Å². The molecule has 0 bridgehead atoms. The first kappa shape index (κ1) is 56.7. The Balaban J connectivity index is 3.73. The van der Waals surface area contributed by atoms with Gasteiger partial charge in [0.05, 0.1) is 13.2 Å². The summed E-state index contributed by atoms with van der Waals surface area (Å²) in [6, 6.07) is 0. The Labute approximate surface area is 365 Å². The van der Waals surface area contributed by atoms with E-state index in [-0.39, 0.29) is 23.9 Å². The lowest BCUT2D eigenvalue weighted by molar-refractivity contribution is -0.144. The highest BCUT2D eigenvalue weighted by molar-refractivity contribution is 5.94. The highest BCUT2D eigenvalue weighted by Crippen LogP contribution is 2.16. The number of nitrogens with zero attached hydrogens (tertiary/aromatic N) is 1. The van der Waals surface area contributed by atoms with Crippen LogP contribution in [-0.4, -0.2) is 55.1 Å². The van der Waals surface area contributed by atoms with Crippen LogP contribution in [0.1, 0.15) is 271 Å². The van der Waals surface area contributed by atoms with Crippen molar-refractivity contribution in [3.63, 3.8) is 0 Å². The second-order valence-corrected chi connectivity index (χ2v) is 17.5. The van der Waals surface area contributed by atoms with E-state index in [1.807, 2.05) is 4.90 Å². The molecule has 348 valence electrons. The quantitative estimate of drug-likeness (QED) is 0.0207. The van der Waals surface area contributed by atoms with Gasteiger partial charge in [-0.2, -0.15) is 0 Å². The van der Waals surface area contributed by atoms with Crippen molar-refractivity contribution in [2.75, 3.05) is 26.3 Å². The summed E-state index contributed by atoms with van der Waals surface area (Å²) in [7, 11) is 0. The van der Waals surface area contributed by atoms with Crippen molar-refractivity contribution in [1.29, 1.82) is 10.8 Å². The van der Waals surface area contributed by atoms with Crippen LogP contribution in [0.5, 0.6) is 0 Å². The predicted molar refractivity (Wildman–Crippen MR) is 252 cm³/mol. The van der Waals surface area contributed by atoms with E-state index in [4.69, 9.17) is 26.0 Å². The Hall–Kier alpha value is -2.32. The van der Waals surface area contributed by atoms with Crippen LogP contribution in [0, 0.1) is 10.8 Å². The zero-order chi connectivity index (χ0) is 43.1. The molecule has 0 aliphatic heterocycles. The van der Waals surface area contributed by atoms with Crippen LogP contribution in [0.3, 0.4) is 0 Å². The van der Waals surface area contributed by atoms with Gasteiger partial charge in [0.15, 0.2) is 11.9 Å². The number of nitrogens with two attached hydrogens (primary N) is 1. The lowest BCUT2D eigenvalue weighted by Crippen LogP contribution is -2.46. The maximum absolute atomic E-state index is 12.2. The van der Waals surface area contributed by atoms with Crippen molar-refractivity contribution < 1.29 is 19.1 Å². The van der Waals surface area contributed by atoms with E-state index in [0.29, 0.717) is 26.1 Å². The number of hydrogen-bond donors (Lipinski definition) is 4. The van der Waals surface area contributed by atoms with E-state index >= 15 is 0 Å². The summed E-state index contributed by atoms with van der Waals surface area (Å²) in [5.74, 6) is -0.193. The SMILES string of the molecule is CCCCCCCCCCCCCCCCCC(=O)OCCCCCCN(CCCCCCOC(=O)CCCCCCCCCCCCCCCCC)C(=N)NC(=N)N. The maximum atomic E-state index is 12.2. The third-order valence-corrected chi connectivity index (χ3v) is 11.7. The van der Waals surface area contributed by atoms with E-state index in [1.54, 1.807) is 0 Å². The summed E-state index contributed by atoms with van der Waals surface area (Å²) in [6.07, 6.45) is 48.2. The van der Waals surface area contributed by atoms with Gasteiger partial charge in [-0.15, -0.1) is 0 Å². The van der Waals surface area contributed by atoms with Gasteiger partial charge in [-0.3, -0.25) is 25.7 Å². The fourth-order valence-corrected chi connectivity index (χ4v) is 7.86. The molecule has 0 aliphatic rings. The van der Waals surface area contributed by atoms with Crippen molar-refractivity contribution >= 4 is 23.9 Å². The van der Waals surface area contributed by atoms with Crippen LogP contribution in [0.2, 0.25) is 0 Å². The number of rotatable bonds is 46. The van der Waals surface area contributed by atoms with Gasteiger partial charge < -0.3 is 20.1 Å². The summed E-state index contributed by atoms with van der Waals surface area (Å²) in [5.41, 5.74) is 5.51. The van der Waals surface area contributed by atoms with Gasteiger partial charge in [-0.05, 0) is 51.4 Å². The standard InChI is InChI=1S/C50H99N5O4/c1-3-5-7-9-11-13-15-17-19-21-23-25-27-29-35-41-47(56)58-45-39-33-31-37-43-55(50(53)54-49(51)52)44-38-32-34-40-46-59-48(57)42-36-30-28-26-24-22-20-18-16-14-12-10-8-6-4-2/h3-46H2,1-2H3,(H5,51,52,53,54). The fourth-order valence-electron chi connectivity index (χ4n) is 7.86. The zero-order valence-corrected chi connectivity index (χ0v) is 39.3. The average Bonchev–Trinajstić information content (AvgIpc) is 3.21. The molecule has 9 heteroatoms. The van der Waals surface area contributed by atoms with Crippen LogP contribution in [0.4, 0.5) is 0 Å². The highest BCUT2D eigenvalue weighted by atomic mass is 16.5. The molecule has 0 unspecified atom stereocenters. The molecule has 0 aliphatic carbocycles. The van der Waals surface area contributed by atoms with Crippen molar-refractivity contribution in [1.82, 2.24) is 10.2 Å². The molecule has 0 aromatic carbocycles. The number of guanidine groups is 2. The number of ether oxygens (including phenoxy) is 2. The largest absolute Gasteiger partial charge is 0.466 e. The molecule has 0 spiro atoms. The number of carbonyl (C=O) groups is 2. The van der Waals surface area contributed by atoms with Gasteiger partial charge in [-0.1, -0.05) is 206 Å². The van der Waals surface area contributed by atoms with E-state index in [0.717, 1.165) is 90.1 Å². The van der Waals surface area contributed by atoms with Crippen LogP contribution < -0.4 is 11.1 Å². The second kappa shape index (κ2) is 46.7. The van der Waals surface area contributed by atoms with E-state index in [2.05, 4.69) is 19.2 Å². The third kappa shape index (κ3) is 45.0. The molecule has 0 radical (unpaired) electrons. The molecule has 0 aromatic rings. The molecule has 0 rings (SSSR count). The fraction of sp³-hybridized carbons (Fsp3) is 0.920. The van der Waals surface area contributed by atoms with Crippen LogP contribution in [-0.2, 0) is 19.1 Å². The Morgan fingerprint density at radius 2 is 0.661 bits per heavy atom. The Kier molecular flexibility index (Phi) is 44.9. The van der Waals surface area contributed by atoms with E-state index < -0.39 is 0 Å². The molecule has 0 aromatic heterocycles. The molecule has 0 saturated carbocycles. The number of carbonyl (C=O) groups excluding carboxylic acids is 2. The number of hydrogen-bond acceptors (Lipinski definition) is 6. The molecular weight excluding hydrogens is 735 g/mol. The van der Waals surface area contributed by atoms with Gasteiger partial charge >= 0.3 is 11.9 Å². The predicted octanol–water partition coefficient (Wildman–Crippen LogP) is 14.4. The Bertz CT molecular complexity index is 888. The summed E-state index contributed by atoms with van der Waals surface area (Å²) < 4.78 is 10.9. The number of unbranched alkanes of at least 4 members (excludes halogenated alkanes) is 34. The molecule has 0 saturated heterocycles. The first-order chi connectivity index (χ1) is 28.9. The molecule has 59 heavy (non-hydrogen) atoms. The van der Waals surface area contributed by atoms with Gasteiger partial charge in [-0.25, -0.2) is 0 Å². The summed E-state index contributed by atoms with van der Waals surface area (Å²) in [4.78, 5) is 26.3. The van der Waals surface area contributed by atoms with Gasteiger partial charge in [0, 0.05) is 25.9 Å². The smallest absolute Gasteiger partial charge is 0.305 e. The molecule has 0 amide bonds. The number of nitrogens with one attached hydrogen (secondary N) is 3. The van der Waals surface area contributed by atoms with Gasteiger partial charge in [0.1, 0.15) is 0 Å². The molecule has 0 atom stereocenters. The molecular formula is C50H99N5O4. The lowest BCUT2D eigenvalue weighted by Gasteiger charge is -2.25. The topological polar surface area (TPSA) is 142 Å². The normalized spacial score (nSPS) is 11.2. The van der Waals surface area contributed by atoms with Crippen molar-refractivity contribution in [2.24, 2.45) is 5.73 Å². The minimum atomic E-state index is -0.225. The van der Waals surface area contributed by atoms with Gasteiger partial charge in [0.2, 0.25) is 0 Å². The third-order valence-electron chi connectivity index (χ3n) is 11.7. The minimum absolute atomic E-state index is 0.0665. The monoisotopic (exact) mass is 834 g/mol. The Morgan fingerprint density at radius 1 is 0.407 bits per heavy atom. The van der Waals surface area contributed by atoms with Crippen molar-refractivity contribution in [3.05, 3.63) is 0 Å². The number of esters is 2.